The van der Waals surface area contributed by atoms with Crippen LogP contribution in [0.5, 0.6) is 46.0 Å². The van der Waals surface area contributed by atoms with Gasteiger partial charge >= 0.3 is 23.9 Å². The Morgan fingerprint density at radius 3 is 1.46 bits per heavy atom. The van der Waals surface area contributed by atoms with Crippen LogP contribution in [0.4, 0.5) is 0 Å². The van der Waals surface area contributed by atoms with Gasteiger partial charge in [0.1, 0.15) is 30.5 Å². The minimum atomic E-state index is -0.944. The molecule has 20 rings (SSSR count). The number of esters is 1. The van der Waals surface area contributed by atoms with Crippen molar-refractivity contribution >= 4 is 105 Å². The molecule has 1 unspecified atom stereocenters. The Labute approximate surface area is 679 Å². The van der Waals surface area contributed by atoms with Gasteiger partial charge in [0.15, 0.2) is 46.0 Å². The molecule has 7 atom stereocenters. The van der Waals surface area contributed by atoms with Gasteiger partial charge in [-0.1, -0.05) is 117 Å². The van der Waals surface area contributed by atoms with Gasteiger partial charge in [0, 0.05) is 88.1 Å². The molecule has 11 aromatic rings. The second-order valence-electron chi connectivity index (χ2n) is 28.1. The van der Waals surface area contributed by atoms with E-state index in [-0.39, 0.29) is 102 Å². The van der Waals surface area contributed by atoms with Crippen molar-refractivity contribution in [3.63, 3.8) is 0 Å². The van der Waals surface area contributed by atoms with Gasteiger partial charge in [-0.2, -0.15) is 0 Å². The second-order valence-corrected chi connectivity index (χ2v) is 28.1. The fourth-order valence-electron chi connectivity index (χ4n) is 15.6. The summed E-state index contributed by atoms with van der Waals surface area (Å²) in [6.07, 6.45) is 6.98. The Hall–Kier alpha value is -12.5. The van der Waals surface area contributed by atoms with Crippen LogP contribution in [-0.4, -0.2) is 154 Å². The number of para-hydroxylation sites is 3. The SMILES string of the molecule is C.CCCC(=O)OCC.CN1CC(=O)N2[C@H](c3ccc4c(c3)OCO4)c3[nH]c4ccccc4c3C[C@@H]2C1=O.Cl.Cl.N[C@H](CC1=CCc2ccccc21)C(=O)O.O=C(O)[C@H]1Cc2c([nH]c3ccccc23)C(c2ccc3c(c2)OCO3)N1.O=C(O)[C@H]1Cc2c([nH]c3ccccc23)[C@@H](c2ccc3c(c2)OCO3)N1.O=Cc1ccc2c(c1)OCO2. The van der Waals surface area contributed by atoms with Crippen LogP contribution in [0.3, 0.4) is 0 Å². The summed E-state index contributed by atoms with van der Waals surface area (Å²) in [5.74, 6) is 2.72. The average Bonchev–Trinajstić information content (AvgIpc) is 1.57. The number of allylic oxidation sites excluding steroid dienone is 1. The quantitative estimate of drug-likeness (QED) is 0.0405. The predicted octanol–water partition coefficient (Wildman–Crippen LogP) is 12.9. The first-order chi connectivity index (χ1) is 54.9. The molecule has 0 radical (unpaired) electrons. The molecule has 27 nitrogen and oxygen atoms in total. The van der Waals surface area contributed by atoms with Crippen molar-refractivity contribution in [2.24, 2.45) is 5.73 Å². The highest BCUT2D eigenvalue weighted by Gasteiger charge is 2.48. The second kappa shape index (κ2) is 36.3. The number of ether oxygens (including phenoxy) is 9. The number of hydrogen-bond acceptors (Lipinski definition) is 19. The van der Waals surface area contributed by atoms with Crippen molar-refractivity contribution in [3.8, 4) is 46.0 Å². The van der Waals surface area contributed by atoms with Gasteiger partial charge in [-0.05, 0) is 149 Å². The number of nitrogens with two attached hydrogens (primary N) is 1. The molecule has 0 saturated carbocycles. The van der Waals surface area contributed by atoms with Gasteiger partial charge < -0.3 is 88.4 Å². The highest BCUT2D eigenvalue weighted by molar-refractivity contribution is 5.98. The zero-order valence-corrected chi connectivity index (χ0v) is 64.3. The minimum Gasteiger partial charge on any atom is -0.480 e. The van der Waals surface area contributed by atoms with E-state index in [1.807, 2.05) is 153 Å². The number of aromatic nitrogens is 3. The number of fused-ring (bicyclic) bond motifs is 15. The van der Waals surface area contributed by atoms with Gasteiger partial charge in [0.2, 0.25) is 39.0 Å². The lowest BCUT2D eigenvalue weighted by Gasteiger charge is -2.46. The number of likely N-dealkylation sites (N-methyl/N-ethyl adjacent to an activating group) is 1. The van der Waals surface area contributed by atoms with Crippen molar-refractivity contribution in [1.82, 2.24) is 35.4 Å². The predicted molar refractivity (Wildman–Crippen MR) is 436 cm³/mol. The Bertz CT molecular complexity index is 5380. The zero-order chi connectivity index (χ0) is 78.6. The smallest absolute Gasteiger partial charge is 0.321 e. The van der Waals surface area contributed by atoms with E-state index in [0.29, 0.717) is 90.3 Å². The highest BCUT2D eigenvalue weighted by atomic mass is 35.5. The number of carbonyl (C=O) groups is 7. The summed E-state index contributed by atoms with van der Waals surface area (Å²) in [6.45, 7) is 5.22. The maximum Gasteiger partial charge on any atom is 0.321 e. The summed E-state index contributed by atoms with van der Waals surface area (Å²) in [5, 5.41) is 37.6. The number of aldehydes is 1. The van der Waals surface area contributed by atoms with Crippen LogP contribution in [-0.2, 0) is 59.2 Å². The maximum absolute atomic E-state index is 13.1. The van der Waals surface area contributed by atoms with E-state index in [0.717, 1.165) is 113 Å². The van der Waals surface area contributed by atoms with E-state index in [1.165, 1.54) is 10.5 Å². The third-order valence-electron chi connectivity index (χ3n) is 21.0. The number of aromatic amines is 3. The number of aliphatic carboxylic acids is 3. The number of benzene rings is 8. The number of H-pyrrole nitrogens is 3. The minimum absolute atomic E-state index is 0. The highest BCUT2D eigenvalue weighted by Crippen LogP contribution is 2.47. The molecule has 116 heavy (non-hydrogen) atoms. The van der Waals surface area contributed by atoms with Gasteiger partial charge in [-0.3, -0.25) is 44.2 Å². The first-order valence-corrected chi connectivity index (χ1v) is 37.2. The van der Waals surface area contributed by atoms with Crippen LogP contribution >= 0.6 is 24.8 Å². The number of halogens is 2. The topological polar surface area (TPSA) is 367 Å². The average molecular weight is 1620 g/mol. The number of carboxylic acids is 3. The molecule has 10 N–H and O–H groups in total. The molecule has 1 aliphatic carbocycles. The molecular formula is C87H88Cl2N8O19. The van der Waals surface area contributed by atoms with Crippen molar-refractivity contribution in [1.29, 1.82) is 0 Å². The molecule has 9 aliphatic rings. The molecule has 1 fully saturated rings. The monoisotopic (exact) mass is 1620 g/mol. The standard InChI is InChI=1S/C22H19N3O4.2C19H16N2O4.C12H13NO2.C8H6O3.C6H12O2.CH4.2ClH/c1-24-10-19(26)25-16(22(24)27)9-14-13-4-2-3-5-15(13)23-20(14)21(25)12-6-7-17-18(8-12)29-11-28-17;2*22-19(23)14-8-12-11-3-1-2-4-13(11)20-18(12)17(21-14)10-5-6-15-16(7-10)25-9-24-15;13-11(12(14)15)7-9-6-5-8-3-1-2-4-10(8)9;9-4-6-1-2-7-8(3-6)11-5-10-7;1-3-5-6(7)8-4-2;;;/h2-8,16,21,23H,9-11H2,1H3;2*1-7,14,17,20-21H,8-9H2,(H,22,23);1-4,6,11H,5,7,13H2,(H,14,15);1-4H,5H2;3-5H2,1-2H3;1H4;2*1H/t16-,21-;14-,17?;14-,17-;11-;;;;;/m1111...../s1. The summed E-state index contributed by atoms with van der Waals surface area (Å²) < 4.78 is 47.5. The van der Waals surface area contributed by atoms with Crippen molar-refractivity contribution < 1.29 is 91.5 Å². The van der Waals surface area contributed by atoms with Gasteiger partial charge in [0.25, 0.3) is 0 Å². The normalized spacial score (nSPS) is 18.7. The van der Waals surface area contributed by atoms with Crippen LogP contribution in [0.15, 0.2) is 176 Å². The number of nitrogens with zero attached hydrogens (tertiary/aromatic N) is 2. The molecular weight excluding hydrogens is 1530 g/mol. The van der Waals surface area contributed by atoms with Gasteiger partial charge in [0.05, 0.1) is 31.3 Å². The van der Waals surface area contributed by atoms with Crippen molar-refractivity contribution in [3.05, 3.63) is 243 Å². The fourth-order valence-corrected chi connectivity index (χ4v) is 15.6. The number of piperazine rings is 1. The van der Waals surface area contributed by atoms with E-state index < -0.39 is 42.1 Å². The lowest BCUT2D eigenvalue weighted by Crippen LogP contribution is -2.62. The fraction of sp³-hybridized carbons (Fsp3) is 0.276. The maximum atomic E-state index is 13.1. The van der Waals surface area contributed by atoms with E-state index in [1.54, 1.807) is 30.1 Å². The number of rotatable bonds is 12. The summed E-state index contributed by atoms with van der Waals surface area (Å²) in [5.41, 5.74) is 21.6. The number of hydrogen-bond donors (Lipinski definition) is 9. The van der Waals surface area contributed by atoms with E-state index >= 15 is 0 Å². The van der Waals surface area contributed by atoms with Crippen LogP contribution in [0, 0.1) is 0 Å². The summed E-state index contributed by atoms with van der Waals surface area (Å²) >= 11 is 0. The molecule has 604 valence electrons. The lowest BCUT2D eigenvalue weighted by atomic mass is 9.86. The van der Waals surface area contributed by atoms with Crippen LogP contribution in [0.2, 0.25) is 0 Å². The Morgan fingerprint density at radius 1 is 0.552 bits per heavy atom. The van der Waals surface area contributed by atoms with Crippen LogP contribution in [0.1, 0.15) is 131 Å². The molecule has 2 amide bonds. The Balaban J connectivity index is 0.000000133. The van der Waals surface area contributed by atoms with E-state index in [9.17, 15) is 43.8 Å². The van der Waals surface area contributed by atoms with Gasteiger partial charge in [-0.25, -0.2) is 0 Å². The molecule has 8 aromatic carbocycles. The number of amides is 2. The van der Waals surface area contributed by atoms with Crippen LogP contribution in [0.25, 0.3) is 38.3 Å². The largest absolute Gasteiger partial charge is 0.480 e. The first-order valence-electron chi connectivity index (χ1n) is 37.2. The molecule has 3 aromatic heterocycles. The molecule has 29 heteroatoms. The van der Waals surface area contributed by atoms with E-state index in [2.05, 4.69) is 48.5 Å². The molecule has 0 bridgehead atoms. The number of carboxylic acid groups (broad SMARTS) is 3. The molecule has 11 heterocycles. The first kappa shape index (κ1) is 82.9. The van der Waals surface area contributed by atoms with E-state index in [4.69, 9.17) is 48.7 Å². The van der Waals surface area contributed by atoms with Gasteiger partial charge in [-0.15, -0.1) is 24.8 Å². The summed E-state index contributed by atoms with van der Waals surface area (Å²) in [7, 11) is 1.69. The Kier molecular flexibility index (Phi) is 26.0. The van der Waals surface area contributed by atoms with Crippen molar-refractivity contribution in [2.75, 3.05) is 47.4 Å². The Morgan fingerprint density at radius 2 is 0.983 bits per heavy atom. The van der Waals surface area contributed by atoms with Crippen LogP contribution < -0.4 is 54.3 Å². The summed E-state index contributed by atoms with van der Waals surface area (Å²) in [6, 6.07) is 50.9. The van der Waals surface area contributed by atoms with Crippen molar-refractivity contribution in [2.45, 2.75) is 109 Å². The third kappa shape index (κ3) is 17.1. The molecule has 1 saturated heterocycles. The molecule has 8 aliphatic heterocycles. The molecule has 0 spiro atoms. The summed E-state index contributed by atoms with van der Waals surface area (Å²) in [4.78, 5) is 94.5. The zero-order valence-electron chi connectivity index (χ0n) is 62.7. The number of carbonyl (C=O) groups excluding carboxylic acids is 4. The third-order valence-corrected chi connectivity index (χ3v) is 21.0. The lowest BCUT2D eigenvalue weighted by molar-refractivity contribution is -0.157. The number of nitrogens with one attached hydrogen (secondary N) is 5.